The highest BCUT2D eigenvalue weighted by molar-refractivity contribution is 6.78. The standard InChI is InChI=1S/C14H34O3Si2/c1-8-10-12-14(3)16-19(6,7)17-18(4,5)15-13-11-9-2/h14H,8-13H2,1-7H3. The van der Waals surface area contributed by atoms with Gasteiger partial charge in [0.05, 0.1) is 0 Å². The highest BCUT2D eigenvalue weighted by Gasteiger charge is 2.37. The fraction of sp³-hybridized carbons (Fsp3) is 1.00. The van der Waals surface area contributed by atoms with E-state index in [9.17, 15) is 0 Å². The van der Waals surface area contributed by atoms with Gasteiger partial charge in [0.15, 0.2) is 0 Å². The summed E-state index contributed by atoms with van der Waals surface area (Å²) in [6.07, 6.45) is 6.12. The second kappa shape index (κ2) is 9.29. The summed E-state index contributed by atoms with van der Waals surface area (Å²) in [4.78, 5) is 0. The van der Waals surface area contributed by atoms with Gasteiger partial charge in [0, 0.05) is 12.7 Å². The fourth-order valence-electron chi connectivity index (χ4n) is 2.14. The van der Waals surface area contributed by atoms with E-state index in [4.69, 9.17) is 13.0 Å². The molecule has 0 aromatic rings. The Balaban J connectivity index is 4.17. The monoisotopic (exact) mass is 306 g/mol. The molecular formula is C14H34O3Si2. The third-order valence-electron chi connectivity index (χ3n) is 2.89. The molecule has 0 saturated heterocycles. The maximum atomic E-state index is 6.26. The van der Waals surface area contributed by atoms with Gasteiger partial charge >= 0.3 is 17.1 Å². The number of rotatable bonds is 11. The molecule has 0 fully saturated rings. The van der Waals surface area contributed by atoms with Crippen molar-refractivity contribution in [2.45, 2.75) is 85.2 Å². The summed E-state index contributed by atoms with van der Waals surface area (Å²) >= 11 is 0. The Morgan fingerprint density at radius 1 is 0.895 bits per heavy atom. The Bertz CT molecular complexity index is 233. The first-order chi connectivity index (χ1) is 8.72. The van der Waals surface area contributed by atoms with Crippen molar-refractivity contribution in [3.05, 3.63) is 0 Å². The second-order valence-corrected chi connectivity index (χ2v) is 13.1. The van der Waals surface area contributed by atoms with Crippen LogP contribution in [0.5, 0.6) is 0 Å². The number of hydrogen-bond acceptors (Lipinski definition) is 3. The molecule has 1 unspecified atom stereocenters. The van der Waals surface area contributed by atoms with Gasteiger partial charge in [-0.1, -0.05) is 33.1 Å². The molecule has 0 aromatic heterocycles. The van der Waals surface area contributed by atoms with Crippen LogP contribution < -0.4 is 0 Å². The summed E-state index contributed by atoms with van der Waals surface area (Å²) < 4.78 is 18.3. The van der Waals surface area contributed by atoms with E-state index in [0.717, 1.165) is 25.9 Å². The van der Waals surface area contributed by atoms with E-state index < -0.39 is 17.1 Å². The smallest absolute Gasteiger partial charge is 0.323 e. The van der Waals surface area contributed by atoms with E-state index in [1.807, 2.05) is 0 Å². The van der Waals surface area contributed by atoms with Crippen LogP contribution in [-0.4, -0.2) is 29.8 Å². The lowest BCUT2D eigenvalue weighted by Crippen LogP contribution is -2.49. The van der Waals surface area contributed by atoms with Crippen molar-refractivity contribution < 1.29 is 13.0 Å². The molecule has 0 rings (SSSR count). The Morgan fingerprint density at radius 3 is 2.00 bits per heavy atom. The van der Waals surface area contributed by atoms with Gasteiger partial charge in [0.2, 0.25) is 0 Å². The lowest BCUT2D eigenvalue weighted by atomic mass is 10.2. The predicted octanol–water partition coefficient (Wildman–Crippen LogP) is 4.82. The molecule has 0 saturated carbocycles. The molecule has 0 heterocycles. The van der Waals surface area contributed by atoms with Gasteiger partial charge in [-0.3, -0.25) is 0 Å². The zero-order valence-electron chi connectivity index (χ0n) is 14.0. The molecule has 0 spiro atoms. The Kier molecular flexibility index (Phi) is 9.44. The van der Waals surface area contributed by atoms with Crippen LogP contribution in [0.3, 0.4) is 0 Å². The molecule has 0 aromatic carbocycles. The van der Waals surface area contributed by atoms with Crippen molar-refractivity contribution >= 4 is 17.1 Å². The van der Waals surface area contributed by atoms with Gasteiger partial charge < -0.3 is 13.0 Å². The molecule has 0 bridgehead atoms. The number of unbranched alkanes of at least 4 members (excludes halogenated alkanes) is 2. The van der Waals surface area contributed by atoms with Crippen molar-refractivity contribution in [1.82, 2.24) is 0 Å². The quantitative estimate of drug-likeness (QED) is 0.404. The van der Waals surface area contributed by atoms with Crippen molar-refractivity contribution in [1.29, 1.82) is 0 Å². The van der Waals surface area contributed by atoms with Gasteiger partial charge in [0.25, 0.3) is 0 Å². The van der Waals surface area contributed by atoms with Crippen LogP contribution in [0, 0.1) is 0 Å². The summed E-state index contributed by atoms with van der Waals surface area (Å²) in [5.74, 6) is 0. The minimum atomic E-state index is -2.08. The molecule has 116 valence electrons. The SMILES string of the molecule is CCCCO[Si](C)(C)O[Si](C)(C)OC(C)CCCC. The molecule has 0 amide bonds. The molecule has 0 aliphatic rings. The topological polar surface area (TPSA) is 27.7 Å². The van der Waals surface area contributed by atoms with E-state index in [0.29, 0.717) is 6.10 Å². The summed E-state index contributed by atoms with van der Waals surface area (Å²) in [7, 11) is -4.11. The maximum Gasteiger partial charge on any atom is 0.323 e. The highest BCUT2D eigenvalue weighted by atomic mass is 28.5. The van der Waals surface area contributed by atoms with Crippen LogP contribution in [0.1, 0.15) is 52.9 Å². The van der Waals surface area contributed by atoms with Crippen molar-refractivity contribution in [3.8, 4) is 0 Å². The summed E-state index contributed by atoms with van der Waals surface area (Å²) in [6, 6.07) is 0. The molecular weight excluding hydrogens is 272 g/mol. The van der Waals surface area contributed by atoms with E-state index in [2.05, 4.69) is 47.0 Å². The zero-order chi connectivity index (χ0) is 14.9. The Hall–Kier alpha value is 0.314. The van der Waals surface area contributed by atoms with Gasteiger partial charge in [0.1, 0.15) is 0 Å². The first-order valence-corrected chi connectivity index (χ1v) is 13.4. The van der Waals surface area contributed by atoms with Gasteiger partial charge in [-0.15, -0.1) is 0 Å². The zero-order valence-corrected chi connectivity index (χ0v) is 16.0. The molecule has 0 aliphatic heterocycles. The van der Waals surface area contributed by atoms with Crippen molar-refractivity contribution in [2.75, 3.05) is 6.61 Å². The second-order valence-electron chi connectivity index (χ2n) is 6.17. The van der Waals surface area contributed by atoms with Crippen LogP contribution in [0.2, 0.25) is 26.2 Å². The minimum absolute atomic E-state index is 0.294. The number of hydrogen-bond donors (Lipinski definition) is 0. The van der Waals surface area contributed by atoms with Gasteiger partial charge in [-0.05, 0) is 46.0 Å². The molecule has 1 atom stereocenters. The normalized spacial score (nSPS) is 14.7. The minimum Gasteiger partial charge on any atom is -0.415 e. The summed E-state index contributed by atoms with van der Waals surface area (Å²) in [5, 5.41) is 0. The largest absolute Gasteiger partial charge is 0.415 e. The van der Waals surface area contributed by atoms with Crippen LogP contribution in [-0.2, 0) is 13.0 Å². The summed E-state index contributed by atoms with van der Waals surface area (Å²) in [5.41, 5.74) is 0. The summed E-state index contributed by atoms with van der Waals surface area (Å²) in [6.45, 7) is 15.9. The van der Waals surface area contributed by atoms with Crippen LogP contribution in [0.25, 0.3) is 0 Å². The Morgan fingerprint density at radius 2 is 1.47 bits per heavy atom. The van der Waals surface area contributed by atoms with Crippen LogP contribution in [0.15, 0.2) is 0 Å². The third-order valence-corrected chi connectivity index (χ3v) is 8.69. The molecule has 0 N–H and O–H groups in total. The first kappa shape index (κ1) is 19.3. The predicted molar refractivity (Wildman–Crippen MR) is 87.0 cm³/mol. The molecule has 0 radical (unpaired) electrons. The van der Waals surface area contributed by atoms with Gasteiger partial charge in [-0.25, -0.2) is 0 Å². The molecule has 3 nitrogen and oxygen atoms in total. The third kappa shape index (κ3) is 10.7. The van der Waals surface area contributed by atoms with Crippen molar-refractivity contribution in [3.63, 3.8) is 0 Å². The van der Waals surface area contributed by atoms with Crippen molar-refractivity contribution in [2.24, 2.45) is 0 Å². The molecule has 5 heteroatoms. The van der Waals surface area contributed by atoms with E-state index >= 15 is 0 Å². The van der Waals surface area contributed by atoms with Crippen LogP contribution in [0.4, 0.5) is 0 Å². The maximum absolute atomic E-state index is 6.26. The highest BCUT2D eigenvalue weighted by Crippen LogP contribution is 2.20. The lowest BCUT2D eigenvalue weighted by Gasteiger charge is -2.34. The fourth-order valence-corrected chi connectivity index (χ4v) is 9.03. The van der Waals surface area contributed by atoms with Gasteiger partial charge in [-0.2, -0.15) is 0 Å². The van der Waals surface area contributed by atoms with E-state index in [-0.39, 0.29) is 0 Å². The average molecular weight is 307 g/mol. The average Bonchev–Trinajstić information content (AvgIpc) is 2.24. The molecule has 0 aliphatic carbocycles. The molecule has 19 heavy (non-hydrogen) atoms. The van der Waals surface area contributed by atoms with E-state index in [1.54, 1.807) is 0 Å². The van der Waals surface area contributed by atoms with E-state index in [1.165, 1.54) is 12.8 Å². The Labute approximate surface area is 122 Å². The van der Waals surface area contributed by atoms with Crippen LogP contribution >= 0.6 is 0 Å². The first-order valence-electron chi connectivity index (χ1n) is 7.74. The lowest BCUT2D eigenvalue weighted by molar-refractivity contribution is 0.143.